The highest BCUT2D eigenvalue weighted by molar-refractivity contribution is 9.09. The molecule has 1 aromatic carbocycles. The smallest absolute Gasteiger partial charge is 0.211 e. The Balaban J connectivity index is 3.11. The highest BCUT2D eigenvalue weighted by Gasteiger charge is 2.25. The van der Waals surface area contributed by atoms with Crippen LogP contribution in [0.15, 0.2) is 29.2 Å². The zero-order chi connectivity index (χ0) is 14.7. The summed E-state index contributed by atoms with van der Waals surface area (Å²) < 4.78 is 26.9. The summed E-state index contributed by atoms with van der Waals surface area (Å²) in [6, 6.07) is 7.18. The normalized spacial score (nSPS) is 14.4. The third kappa shape index (κ3) is 4.58. The predicted molar refractivity (Wildman–Crippen MR) is 83.2 cm³/mol. The Bertz CT molecular complexity index is 520. The van der Waals surface area contributed by atoms with E-state index in [1.807, 2.05) is 12.1 Å². The molecule has 1 aromatic rings. The molecule has 0 fully saturated rings. The summed E-state index contributed by atoms with van der Waals surface area (Å²) in [6.07, 6.45) is 0.685. The van der Waals surface area contributed by atoms with Crippen LogP contribution in [0, 0.1) is 5.41 Å². The molecular weight excluding hydrogens is 326 g/mol. The Morgan fingerprint density at radius 3 is 2.37 bits per heavy atom. The number of alkyl halides is 1. The standard InChI is InChI=1S/C14H22BrNO2S/c1-5-16-19(17,18)12-9-7-6-8-11(12)10-13(15)14(2,3)4/h6-9,13,16H,5,10H2,1-4H3. The number of sulfonamides is 1. The van der Waals surface area contributed by atoms with Crippen LogP contribution < -0.4 is 4.72 Å². The van der Waals surface area contributed by atoms with E-state index in [4.69, 9.17) is 0 Å². The molecule has 108 valence electrons. The van der Waals surface area contributed by atoms with Crippen LogP contribution in [-0.2, 0) is 16.4 Å². The summed E-state index contributed by atoms with van der Waals surface area (Å²) in [5, 5.41) is 0. The van der Waals surface area contributed by atoms with Crippen LogP contribution in [0.5, 0.6) is 0 Å². The molecule has 0 saturated heterocycles. The van der Waals surface area contributed by atoms with Gasteiger partial charge >= 0.3 is 0 Å². The van der Waals surface area contributed by atoms with Crippen LogP contribution in [0.1, 0.15) is 33.3 Å². The maximum Gasteiger partial charge on any atom is 0.240 e. The van der Waals surface area contributed by atoms with E-state index in [1.54, 1.807) is 19.1 Å². The molecule has 0 saturated carbocycles. The van der Waals surface area contributed by atoms with E-state index < -0.39 is 10.0 Å². The third-order valence-electron chi connectivity index (χ3n) is 2.94. The van der Waals surface area contributed by atoms with Crippen molar-refractivity contribution in [3.63, 3.8) is 0 Å². The van der Waals surface area contributed by atoms with Gasteiger partial charge in [0, 0.05) is 11.4 Å². The zero-order valence-electron chi connectivity index (χ0n) is 11.9. The molecule has 0 radical (unpaired) electrons. The summed E-state index contributed by atoms with van der Waals surface area (Å²) in [7, 11) is -3.40. The van der Waals surface area contributed by atoms with Gasteiger partial charge in [0.2, 0.25) is 10.0 Å². The first-order chi connectivity index (χ1) is 8.68. The van der Waals surface area contributed by atoms with E-state index >= 15 is 0 Å². The monoisotopic (exact) mass is 347 g/mol. The zero-order valence-corrected chi connectivity index (χ0v) is 14.3. The number of nitrogens with one attached hydrogen (secondary N) is 1. The highest BCUT2D eigenvalue weighted by atomic mass is 79.9. The average Bonchev–Trinajstić information content (AvgIpc) is 2.28. The minimum Gasteiger partial charge on any atom is -0.211 e. The van der Waals surface area contributed by atoms with Gasteiger partial charge in [0.25, 0.3) is 0 Å². The Labute approximate surface area is 125 Å². The molecule has 1 unspecified atom stereocenters. The summed E-state index contributed by atoms with van der Waals surface area (Å²) >= 11 is 3.66. The van der Waals surface area contributed by atoms with E-state index in [9.17, 15) is 8.42 Å². The minimum absolute atomic E-state index is 0.0784. The fourth-order valence-electron chi connectivity index (χ4n) is 1.70. The number of hydrogen-bond acceptors (Lipinski definition) is 2. The van der Waals surface area contributed by atoms with Crippen molar-refractivity contribution in [1.29, 1.82) is 0 Å². The molecule has 0 spiro atoms. The number of rotatable bonds is 5. The Morgan fingerprint density at radius 2 is 1.84 bits per heavy atom. The first-order valence-electron chi connectivity index (χ1n) is 6.40. The van der Waals surface area contributed by atoms with Crippen LogP contribution in [-0.4, -0.2) is 19.8 Å². The summed E-state index contributed by atoms with van der Waals surface area (Å²) in [5.41, 5.74) is 0.926. The van der Waals surface area contributed by atoms with Gasteiger partial charge in [-0.3, -0.25) is 0 Å². The van der Waals surface area contributed by atoms with Gasteiger partial charge < -0.3 is 0 Å². The SMILES string of the molecule is CCNS(=O)(=O)c1ccccc1CC(Br)C(C)(C)C. The van der Waals surface area contributed by atoms with Crippen LogP contribution in [0.2, 0.25) is 0 Å². The van der Waals surface area contributed by atoms with Crippen molar-refractivity contribution in [3.8, 4) is 0 Å². The van der Waals surface area contributed by atoms with Gasteiger partial charge in [-0.2, -0.15) is 0 Å². The molecule has 0 amide bonds. The van der Waals surface area contributed by atoms with Crippen LogP contribution in [0.25, 0.3) is 0 Å². The molecular formula is C14H22BrNO2S. The lowest BCUT2D eigenvalue weighted by Crippen LogP contribution is -2.27. The largest absolute Gasteiger partial charge is 0.240 e. The molecule has 0 aliphatic carbocycles. The van der Waals surface area contributed by atoms with Crippen molar-refractivity contribution in [1.82, 2.24) is 4.72 Å². The minimum atomic E-state index is -3.40. The molecule has 0 aliphatic heterocycles. The molecule has 0 bridgehead atoms. The number of halogens is 1. The second-order valence-electron chi connectivity index (χ2n) is 5.65. The van der Waals surface area contributed by atoms with E-state index in [1.165, 1.54) is 0 Å². The Hall–Kier alpha value is -0.390. The van der Waals surface area contributed by atoms with Gasteiger partial charge in [-0.1, -0.05) is 61.8 Å². The highest BCUT2D eigenvalue weighted by Crippen LogP contribution is 2.30. The maximum absolute atomic E-state index is 12.2. The summed E-state index contributed by atoms with van der Waals surface area (Å²) in [6.45, 7) is 8.58. The summed E-state index contributed by atoms with van der Waals surface area (Å²) in [5.74, 6) is 0. The Kier molecular flexibility index (Phi) is 5.59. The van der Waals surface area contributed by atoms with Gasteiger partial charge in [0.05, 0.1) is 4.90 Å². The van der Waals surface area contributed by atoms with Crippen molar-refractivity contribution >= 4 is 26.0 Å². The number of benzene rings is 1. The molecule has 0 aliphatic rings. The van der Waals surface area contributed by atoms with Crippen molar-refractivity contribution < 1.29 is 8.42 Å². The van der Waals surface area contributed by atoms with Crippen molar-refractivity contribution in [2.24, 2.45) is 5.41 Å². The van der Waals surface area contributed by atoms with Crippen LogP contribution in [0.3, 0.4) is 0 Å². The van der Waals surface area contributed by atoms with Gasteiger partial charge in [-0.15, -0.1) is 0 Å². The molecule has 5 heteroatoms. The van der Waals surface area contributed by atoms with Gasteiger partial charge in [-0.25, -0.2) is 13.1 Å². The van der Waals surface area contributed by atoms with Gasteiger partial charge in [-0.05, 0) is 23.5 Å². The predicted octanol–water partition coefficient (Wildman–Crippen LogP) is 3.34. The second kappa shape index (κ2) is 6.37. The molecule has 1 atom stereocenters. The third-order valence-corrected chi connectivity index (χ3v) is 6.28. The van der Waals surface area contributed by atoms with Crippen LogP contribution >= 0.6 is 15.9 Å². The summed E-state index contributed by atoms with van der Waals surface area (Å²) in [4.78, 5) is 0.600. The molecule has 3 nitrogen and oxygen atoms in total. The molecule has 1 N–H and O–H groups in total. The first kappa shape index (κ1) is 16.7. The van der Waals surface area contributed by atoms with E-state index in [-0.39, 0.29) is 10.2 Å². The van der Waals surface area contributed by atoms with E-state index in [0.29, 0.717) is 17.9 Å². The lowest BCUT2D eigenvalue weighted by Gasteiger charge is -2.26. The van der Waals surface area contributed by atoms with E-state index in [2.05, 4.69) is 41.4 Å². The Morgan fingerprint density at radius 1 is 1.26 bits per heavy atom. The maximum atomic E-state index is 12.2. The number of hydrogen-bond donors (Lipinski definition) is 1. The van der Waals surface area contributed by atoms with Crippen molar-refractivity contribution in [2.75, 3.05) is 6.54 Å². The molecule has 1 rings (SSSR count). The van der Waals surface area contributed by atoms with Crippen LogP contribution in [0.4, 0.5) is 0 Å². The second-order valence-corrected chi connectivity index (χ2v) is 8.49. The molecule has 0 aromatic heterocycles. The van der Waals surface area contributed by atoms with Gasteiger partial charge in [0.15, 0.2) is 0 Å². The van der Waals surface area contributed by atoms with Gasteiger partial charge in [0.1, 0.15) is 0 Å². The average molecular weight is 348 g/mol. The fraction of sp³-hybridized carbons (Fsp3) is 0.571. The van der Waals surface area contributed by atoms with E-state index in [0.717, 1.165) is 5.56 Å². The van der Waals surface area contributed by atoms with Crippen molar-refractivity contribution in [3.05, 3.63) is 29.8 Å². The first-order valence-corrected chi connectivity index (χ1v) is 8.80. The fourth-order valence-corrected chi connectivity index (χ4v) is 3.34. The molecule has 0 heterocycles. The molecule has 19 heavy (non-hydrogen) atoms. The van der Waals surface area contributed by atoms with Crippen molar-refractivity contribution in [2.45, 2.75) is 43.8 Å². The lowest BCUT2D eigenvalue weighted by molar-refractivity contribution is 0.396. The quantitative estimate of drug-likeness (QED) is 0.830. The lowest BCUT2D eigenvalue weighted by atomic mass is 9.88. The topological polar surface area (TPSA) is 46.2 Å².